The maximum atomic E-state index is 12.3. The largest absolute Gasteiger partial charge is 0.492 e. The second-order valence-electron chi connectivity index (χ2n) is 4.56. The Bertz CT molecular complexity index is 475. The predicted octanol–water partition coefficient (Wildman–Crippen LogP) is 1.74. The first kappa shape index (κ1) is 13.4. The molecule has 1 saturated carbocycles. The first-order chi connectivity index (χ1) is 8.64. The van der Waals surface area contributed by atoms with Gasteiger partial charge in [0.05, 0.1) is 10.1 Å². The van der Waals surface area contributed by atoms with E-state index in [9.17, 15) is 8.42 Å². The minimum absolute atomic E-state index is 0.201. The van der Waals surface area contributed by atoms with E-state index >= 15 is 0 Å². The number of sulfone groups is 1. The van der Waals surface area contributed by atoms with Crippen LogP contribution in [-0.4, -0.2) is 26.8 Å². The molecule has 0 unspecified atom stereocenters. The first-order valence-corrected chi connectivity index (χ1v) is 7.86. The molecule has 1 fully saturated rings. The van der Waals surface area contributed by atoms with Gasteiger partial charge in [0.15, 0.2) is 9.84 Å². The molecule has 0 bridgehead atoms. The standard InChI is InChI=1S/C13H19NO3S/c14-9-10-17-11-5-7-13(8-6-11)18(15,16)12-3-1-2-4-12/h5-8,12H,1-4,9-10,14H2. The van der Waals surface area contributed by atoms with E-state index in [4.69, 9.17) is 10.5 Å². The van der Waals surface area contributed by atoms with Gasteiger partial charge in [-0.3, -0.25) is 0 Å². The zero-order chi connectivity index (χ0) is 13.0. The molecule has 1 aromatic carbocycles. The van der Waals surface area contributed by atoms with Crippen molar-refractivity contribution in [2.75, 3.05) is 13.2 Å². The highest BCUT2D eigenvalue weighted by Gasteiger charge is 2.29. The molecule has 0 heterocycles. The highest BCUT2D eigenvalue weighted by Crippen LogP contribution is 2.30. The number of rotatable bonds is 5. The molecule has 1 aliphatic carbocycles. The van der Waals surface area contributed by atoms with E-state index in [2.05, 4.69) is 0 Å². The summed E-state index contributed by atoms with van der Waals surface area (Å²) in [6.07, 6.45) is 3.60. The summed E-state index contributed by atoms with van der Waals surface area (Å²) >= 11 is 0. The van der Waals surface area contributed by atoms with Gasteiger partial charge in [0.2, 0.25) is 0 Å². The van der Waals surface area contributed by atoms with Crippen LogP contribution >= 0.6 is 0 Å². The van der Waals surface area contributed by atoms with Crippen LogP contribution in [0.25, 0.3) is 0 Å². The minimum atomic E-state index is -3.16. The maximum absolute atomic E-state index is 12.3. The summed E-state index contributed by atoms with van der Waals surface area (Å²) in [4.78, 5) is 0.398. The number of hydrogen-bond donors (Lipinski definition) is 1. The molecular formula is C13H19NO3S. The summed E-state index contributed by atoms with van der Waals surface area (Å²) in [5.74, 6) is 0.658. The number of ether oxygens (including phenoxy) is 1. The first-order valence-electron chi connectivity index (χ1n) is 6.31. The minimum Gasteiger partial charge on any atom is -0.492 e. The van der Waals surface area contributed by atoms with Crippen molar-refractivity contribution in [3.63, 3.8) is 0 Å². The van der Waals surface area contributed by atoms with Gasteiger partial charge in [0, 0.05) is 6.54 Å². The zero-order valence-electron chi connectivity index (χ0n) is 10.3. The quantitative estimate of drug-likeness (QED) is 0.884. The number of hydrogen-bond acceptors (Lipinski definition) is 4. The molecule has 0 spiro atoms. The molecule has 2 N–H and O–H groups in total. The topological polar surface area (TPSA) is 69.4 Å². The Morgan fingerprint density at radius 3 is 2.33 bits per heavy atom. The second kappa shape index (κ2) is 5.71. The van der Waals surface area contributed by atoms with Gasteiger partial charge >= 0.3 is 0 Å². The SMILES string of the molecule is NCCOc1ccc(S(=O)(=O)C2CCCC2)cc1. The predicted molar refractivity (Wildman–Crippen MR) is 70.4 cm³/mol. The molecule has 0 aliphatic heterocycles. The molecule has 1 aromatic rings. The van der Waals surface area contributed by atoms with Crippen LogP contribution in [0.2, 0.25) is 0 Å². The Balaban J connectivity index is 2.13. The smallest absolute Gasteiger partial charge is 0.181 e. The third-order valence-corrected chi connectivity index (χ3v) is 5.56. The van der Waals surface area contributed by atoms with Gasteiger partial charge in [-0.15, -0.1) is 0 Å². The third kappa shape index (κ3) is 2.84. The van der Waals surface area contributed by atoms with E-state index in [0.29, 0.717) is 23.8 Å². The molecule has 4 nitrogen and oxygen atoms in total. The lowest BCUT2D eigenvalue weighted by atomic mass is 10.3. The molecule has 18 heavy (non-hydrogen) atoms. The van der Waals surface area contributed by atoms with Crippen LogP contribution in [0.4, 0.5) is 0 Å². The average Bonchev–Trinajstić information content (AvgIpc) is 2.91. The van der Waals surface area contributed by atoms with Crippen LogP contribution in [0.15, 0.2) is 29.2 Å². The molecule has 0 radical (unpaired) electrons. The molecule has 0 aromatic heterocycles. The summed E-state index contributed by atoms with van der Waals surface area (Å²) in [5, 5.41) is -0.201. The Morgan fingerprint density at radius 2 is 1.78 bits per heavy atom. The molecule has 1 aliphatic rings. The monoisotopic (exact) mass is 269 g/mol. The van der Waals surface area contributed by atoms with Crippen molar-refractivity contribution in [2.24, 2.45) is 5.73 Å². The van der Waals surface area contributed by atoms with Crippen molar-refractivity contribution in [2.45, 2.75) is 35.8 Å². The van der Waals surface area contributed by atoms with E-state index < -0.39 is 9.84 Å². The van der Waals surface area contributed by atoms with Crippen LogP contribution in [0.1, 0.15) is 25.7 Å². The van der Waals surface area contributed by atoms with Gasteiger partial charge in [0.25, 0.3) is 0 Å². The zero-order valence-corrected chi connectivity index (χ0v) is 11.2. The Hall–Kier alpha value is -1.07. The van der Waals surface area contributed by atoms with E-state index in [-0.39, 0.29) is 5.25 Å². The van der Waals surface area contributed by atoms with E-state index in [1.807, 2.05) is 0 Å². The van der Waals surface area contributed by atoms with Crippen LogP contribution in [0.5, 0.6) is 5.75 Å². The fourth-order valence-corrected chi connectivity index (χ4v) is 4.15. The number of nitrogens with two attached hydrogens (primary N) is 1. The molecule has 100 valence electrons. The van der Waals surface area contributed by atoms with Gasteiger partial charge in [-0.25, -0.2) is 8.42 Å². The van der Waals surface area contributed by atoms with Crippen molar-refractivity contribution in [1.29, 1.82) is 0 Å². The van der Waals surface area contributed by atoms with Crippen LogP contribution in [-0.2, 0) is 9.84 Å². The average molecular weight is 269 g/mol. The normalized spacial score (nSPS) is 16.9. The summed E-state index contributed by atoms with van der Waals surface area (Å²) < 4.78 is 29.9. The van der Waals surface area contributed by atoms with Crippen LogP contribution < -0.4 is 10.5 Å². The van der Waals surface area contributed by atoms with Crippen molar-refractivity contribution in [1.82, 2.24) is 0 Å². The van der Waals surface area contributed by atoms with Crippen molar-refractivity contribution in [3.05, 3.63) is 24.3 Å². The van der Waals surface area contributed by atoms with Crippen LogP contribution in [0, 0.1) is 0 Å². The summed E-state index contributed by atoms with van der Waals surface area (Å²) in [7, 11) is -3.16. The third-order valence-electron chi connectivity index (χ3n) is 3.28. The Morgan fingerprint density at radius 1 is 1.17 bits per heavy atom. The molecular weight excluding hydrogens is 250 g/mol. The van der Waals surface area contributed by atoms with Crippen molar-refractivity contribution < 1.29 is 13.2 Å². The van der Waals surface area contributed by atoms with Gasteiger partial charge in [-0.2, -0.15) is 0 Å². The fourth-order valence-electron chi connectivity index (χ4n) is 2.29. The second-order valence-corrected chi connectivity index (χ2v) is 6.79. The maximum Gasteiger partial charge on any atom is 0.181 e. The summed E-state index contributed by atoms with van der Waals surface area (Å²) in [6.45, 7) is 0.886. The van der Waals surface area contributed by atoms with Crippen molar-refractivity contribution >= 4 is 9.84 Å². The molecule has 0 saturated heterocycles. The van der Waals surface area contributed by atoms with Crippen molar-refractivity contribution in [3.8, 4) is 5.75 Å². The van der Waals surface area contributed by atoms with Crippen LogP contribution in [0.3, 0.4) is 0 Å². The van der Waals surface area contributed by atoms with Gasteiger partial charge in [0.1, 0.15) is 12.4 Å². The molecule has 2 rings (SSSR count). The molecule has 5 heteroatoms. The fraction of sp³-hybridized carbons (Fsp3) is 0.538. The highest BCUT2D eigenvalue weighted by atomic mass is 32.2. The lowest BCUT2D eigenvalue weighted by Gasteiger charge is -2.11. The summed E-state index contributed by atoms with van der Waals surface area (Å²) in [6, 6.07) is 6.63. The lowest BCUT2D eigenvalue weighted by Crippen LogP contribution is -2.17. The van der Waals surface area contributed by atoms with E-state index in [0.717, 1.165) is 25.7 Å². The van der Waals surface area contributed by atoms with Gasteiger partial charge < -0.3 is 10.5 Å². The highest BCUT2D eigenvalue weighted by molar-refractivity contribution is 7.92. The van der Waals surface area contributed by atoms with Gasteiger partial charge in [-0.05, 0) is 37.1 Å². The molecule has 0 atom stereocenters. The van der Waals surface area contributed by atoms with E-state index in [1.54, 1.807) is 24.3 Å². The molecule has 0 amide bonds. The van der Waals surface area contributed by atoms with E-state index in [1.165, 1.54) is 0 Å². The summed E-state index contributed by atoms with van der Waals surface area (Å²) in [5.41, 5.74) is 5.34. The Kier molecular flexibility index (Phi) is 4.24. The number of benzene rings is 1. The lowest BCUT2D eigenvalue weighted by molar-refractivity contribution is 0.328. The Labute approximate surface area is 108 Å². The van der Waals surface area contributed by atoms with Gasteiger partial charge in [-0.1, -0.05) is 12.8 Å².